The zero-order chi connectivity index (χ0) is 8.91. The van der Waals surface area contributed by atoms with Crippen LogP contribution in [0.3, 0.4) is 0 Å². The summed E-state index contributed by atoms with van der Waals surface area (Å²) >= 11 is 5.14. The van der Waals surface area contributed by atoms with E-state index in [0.29, 0.717) is 13.2 Å². The van der Waals surface area contributed by atoms with E-state index in [9.17, 15) is 4.79 Å². The van der Waals surface area contributed by atoms with Gasteiger partial charge < -0.3 is 10.1 Å². The third-order valence-electron chi connectivity index (χ3n) is 1.10. The lowest BCUT2D eigenvalue weighted by Gasteiger charge is -2.23. The minimum Gasteiger partial charge on any atom is -0.379 e. The number of carbonyl (C=O) groups excluding carboxylic acids is 1. The molecule has 3 nitrogen and oxygen atoms in total. The quantitative estimate of drug-likeness (QED) is 0.528. The van der Waals surface area contributed by atoms with Crippen LogP contribution in [0.15, 0.2) is 0 Å². The average molecular weight is 180 g/mol. The van der Waals surface area contributed by atoms with Crippen molar-refractivity contribution in [3.05, 3.63) is 0 Å². The zero-order valence-corrected chi connectivity index (χ0v) is 7.86. The molecule has 0 aliphatic carbocycles. The molecule has 0 radical (unpaired) electrons. The topological polar surface area (TPSA) is 38.3 Å². The van der Waals surface area contributed by atoms with Crippen LogP contribution in [0.25, 0.3) is 0 Å². The van der Waals surface area contributed by atoms with Crippen LogP contribution in [0.2, 0.25) is 0 Å². The fourth-order valence-electron chi connectivity index (χ4n) is 0.659. The largest absolute Gasteiger partial charge is 0.379 e. The van der Waals surface area contributed by atoms with Gasteiger partial charge in [0.15, 0.2) is 0 Å². The second-order valence-corrected chi connectivity index (χ2v) is 3.26. The lowest BCUT2D eigenvalue weighted by atomic mass is 10.1. The molecule has 4 heteroatoms. The number of nitrogens with one attached hydrogen (secondary N) is 1. The summed E-state index contributed by atoms with van der Waals surface area (Å²) in [7, 11) is 0. The highest BCUT2D eigenvalue weighted by Gasteiger charge is 2.18. The summed E-state index contributed by atoms with van der Waals surface area (Å²) in [5, 5.41) is 2.01. The van der Waals surface area contributed by atoms with Gasteiger partial charge in [0.1, 0.15) is 0 Å². The van der Waals surface area contributed by atoms with Crippen molar-refractivity contribution in [3.63, 3.8) is 0 Å². The molecule has 0 aromatic carbocycles. The lowest BCUT2D eigenvalue weighted by Crippen LogP contribution is -2.44. The molecular formula is C7H14ClNO2. The van der Waals surface area contributed by atoms with Crippen LogP contribution in [0.4, 0.5) is 4.79 Å². The third kappa shape index (κ3) is 6.13. The molecule has 0 rings (SSSR count). The van der Waals surface area contributed by atoms with E-state index in [-0.39, 0.29) is 5.54 Å². The Kier molecular flexibility index (Phi) is 4.45. The Morgan fingerprint density at radius 3 is 2.55 bits per heavy atom. The molecule has 0 fully saturated rings. The predicted molar refractivity (Wildman–Crippen MR) is 45.0 cm³/mol. The first-order valence-electron chi connectivity index (χ1n) is 3.53. The summed E-state index contributed by atoms with van der Waals surface area (Å²) in [5.41, 5.74) is -0.380. The Labute approximate surface area is 72.1 Å². The number of rotatable bonds is 4. The Balaban J connectivity index is 3.70. The molecule has 0 aromatic heterocycles. The molecule has 0 unspecified atom stereocenters. The molecular weight excluding hydrogens is 166 g/mol. The Bertz CT molecular complexity index is 136. The summed E-state index contributed by atoms with van der Waals surface area (Å²) < 4.78 is 5.13. The highest BCUT2D eigenvalue weighted by molar-refractivity contribution is 6.63. The summed E-state index contributed by atoms with van der Waals surface area (Å²) in [6.45, 7) is 6.72. The molecule has 0 aliphatic rings. The van der Waals surface area contributed by atoms with E-state index in [1.807, 2.05) is 20.8 Å². The molecule has 0 aromatic rings. The van der Waals surface area contributed by atoms with Crippen LogP contribution in [0, 0.1) is 0 Å². The number of hydrogen-bond acceptors (Lipinski definition) is 2. The molecule has 66 valence electrons. The van der Waals surface area contributed by atoms with E-state index in [1.165, 1.54) is 0 Å². The smallest absolute Gasteiger partial charge is 0.314 e. The van der Waals surface area contributed by atoms with Crippen molar-refractivity contribution < 1.29 is 9.53 Å². The minimum atomic E-state index is -0.547. The highest BCUT2D eigenvalue weighted by atomic mass is 35.5. The Hall–Kier alpha value is -0.280. The van der Waals surface area contributed by atoms with Crippen molar-refractivity contribution in [2.45, 2.75) is 26.3 Å². The van der Waals surface area contributed by atoms with Gasteiger partial charge >= 0.3 is 5.37 Å². The van der Waals surface area contributed by atoms with Gasteiger partial charge in [-0.15, -0.1) is 0 Å². The molecule has 1 N–H and O–H groups in total. The maximum Gasteiger partial charge on any atom is 0.314 e. The summed E-state index contributed by atoms with van der Waals surface area (Å²) in [6.07, 6.45) is 0. The predicted octanol–water partition coefficient (Wildman–Crippen LogP) is 1.75. The van der Waals surface area contributed by atoms with E-state index in [4.69, 9.17) is 16.3 Å². The van der Waals surface area contributed by atoms with Gasteiger partial charge in [0, 0.05) is 6.61 Å². The fourth-order valence-corrected chi connectivity index (χ4v) is 0.915. The molecule has 0 bridgehead atoms. The first-order chi connectivity index (χ1) is 4.98. The molecule has 0 spiro atoms. The van der Waals surface area contributed by atoms with Crippen LogP contribution >= 0.6 is 11.6 Å². The van der Waals surface area contributed by atoms with Crippen molar-refractivity contribution in [1.29, 1.82) is 0 Å². The van der Waals surface area contributed by atoms with Gasteiger partial charge in [-0.05, 0) is 32.4 Å². The number of ether oxygens (including phenoxy) is 1. The van der Waals surface area contributed by atoms with Gasteiger partial charge in [-0.3, -0.25) is 4.79 Å². The first-order valence-corrected chi connectivity index (χ1v) is 3.91. The van der Waals surface area contributed by atoms with Crippen molar-refractivity contribution in [1.82, 2.24) is 5.32 Å². The molecule has 0 saturated heterocycles. The maximum atomic E-state index is 10.4. The normalized spacial score (nSPS) is 11.3. The molecule has 0 saturated carbocycles. The number of carbonyl (C=O) groups is 1. The van der Waals surface area contributed by atoms with Crippen molar-refractivity contribution in [2.24, 2.45) is 0 Å². The second-order valence-electron chi connectivity index (χ2n) is 2.92. The summed E-state index contributed by atoms with van der Waals surface area (Å²) in [4.78, 5) is 10.4. The van der Waals surface area contributed by atoms with E-state index in [0.717, 1.165) is 0 Å². The molecule has 0 aliphatic heterocycles. The van der Waals surface area contributed by atoms with Crippen LogP contribution < -0.4 is 5.32 Å². The standard InChI is InChI=1S/C7H14ClNO2/c1-4-11-5-7(2,3)9-6(8)10/h4-5H2,1-3H3,(H,9,10). The lowest BCUT2D eigenvalue weighted by molar-refractivity contribution is 0.0972. The monoisotopic (exact) mass is 179 g/mol. The van der Waals surface area contributed by atoms with Gasteiger partial charge in [0.2, 0.25) is 0 Å². The van der Waals surface area contributed by atoms with Crippen molar-refractivity contribution in [3.8, 4) is 0 Å². The average Bonchev–Trinajstić information content (AvgIpc) is 1.81. The summed E-state index contributed by atoms with van der Waals surface area (Å²) in [6, 6.07) is 0. The molecule has 1 amide bonds. The number of amides is 1. The van der Waals surface area contributed by atoms with Gasteiger partial charge in [0.05, 0.1) is 12.1 Å². The van der Waals surface area contributed by atoms with Crippen molar-refractivity contribution >= 4 is 17.0 Å². The second kappa shape index (κ2) is 4.57. The third-order valence-corrected chi connectivity index (χ3v) is 1.20. The van der Waals surface area contributed by atoms with Gasteiger partial charge in [-0.1, -0.05) is 0 Å². The number of halogens is 1. The first kappa shape index (κ1) is 10.7. The van der Waals surface area contributed by atoms with E-state index in [2.05, 4.69) is 5.32 Å². The fraction of sp³-hybridized carbons (Fsp3) is 0.857. The maximum absolute atomic E-state index is 10.4. The number of hydrogen-bond donors (Lipinski definition) is 1. The highest BCUT2D eigenvalue weighted by Crippen LogP contribution is 2.03. The van der Waals surface area contributed by atoms with Crippen LogP contribution in [-0.2, 0) is 4.74 Å². The Morgan fingerprint density at radius 1 is 1.64 bits per heavy atom. The van der Waals surface area contributed by atoms with Gasteiger partial charge in [-0.2, -0.15) is 0 Å². The van der Waals surface area contributed by atoms with Crippen molar-refractivity contribution in [2.75, 3.05) is 13.2 Å². The SMILES string of the molecule is CCOCC(C)(C)NC(=O)Cl. The van der Waals surface area contributed by atoms with Crippen LogP contribution in [0.5, 0.6) is 0 Å². The summed E-state index contributed by atoms with van der Waals surface area (Å²) in [5.74, 6) is 0. The molecule has 11 heavy (non-hydrogen) atoms. The van der Waals surface area contributed by atoms with Gasteiger partial charge in [-0.25, -0.2) is 0 Å². The zero-order valence-electron chi connectivity index (χ0n) is 7.11. The minimum absolute atomic E-state index is 0.380. The van der Waals surface area contributed by atoms with E-state index >= 15 is 0 Å². The molecule has 0 heterocycles. The van der Waals surface area contributed by atoms with E-state index < -0.39 is 5.37 Å². The van der Waals surface area contributed by atoms with Gasteiger partial charge in [0.25, 0.3) is 0 Å². The molecule has 0 atom stereocenters. The van der Waals surface area contributed by atoms with Crippen LogP contribution in [-0.4, -0.2) is 24.1 Å². The van der Waals surface area contributed by atoms with E-state index in [1.54, 1.807) is 0 Å². The Morgan fingerprint density at radius 2 is 2.18 bits per heavy atom. The van der Waals surface area contributed by atoms with Crippen LogP contribution in [0.1, 0.15) is 20.8 Å².